The Hall–Kier alpha value is -0.850. The molecule has 7 heteroatoms. The average Bonchev–Trinajstić information content (AvgIpc) is 2.52. The summed E-state index contributed by atoms with van der Waals surface area (Å²) in [4.78, 5) is 26.3. The van der Waals surface area contributed by atoms with Gasteiger partial charge in [0, 0.05) is 38.8 Å². The molecule has 0 aromatic rings. The van der Waals surface area contributed by atoms with E-state index in [1.165, 1.54) is 0 Å². The number of likely N-dealkylation sites (tertiary alicyclic amines) is 1. The van der Waals surface area contributed by atoms with Crippen molar-refractivity contribution in [2.75, 3.05) is 32.8 Å². The highest BCUT2D eigenvalue weighted by molar-refractivity contribution is 5.85. The number of halogens is 1. The molecule has 2 amide bonds. The topological polar surface area (TPSA) is 84.7 Å². The number of rotatable bonds is 7. The Kier molecular flexibility index (Phi) is 10.5. The van der Waals surface area contributed by atoms with Gasteiger partial charge < -0.3 is 20.7 Å². The maximum atomic E-state index is 12.4. The molecule has 0 aromatic heterocycles. The first kappa shape index (κ1) is 23.1. The van der Waals surface area contributed by atoms with Crippen LogP contribution in [0.4, 0.5) is 0 Å². The molecule has 0 saturated carbocycles. The molecule has 1 aliphatic heterocycles. The number of nitrogens with two attached hydrogens (primary N) is 1. The maximum absolute atomic E-state index is 12.4. The Morgan fingerprint density at radius 3 is 2.38 bits per heavy atom. The highest BCUT2D eigenvalue weighted by Gasteiger charge is 2.34. The number of ether oxygens (including phenoxy) is 1. The highest BCUT2D eigenvalue weighted by atomic mass is 35.5. The van der Waals surface area contributed by atoms with Crippen molar-refractivity contribution in [1.82, 2.24) is 10.2 Å². The van der Waals surface area contributed by atoms with Gasteiger partial charge in [0.25, 0.3) is 0 Å². The van der Waals surface area contributed by atoms with Gasteiger partial charge >= 0.3 is 0 Å². The first-order chi connectivity index (χ1) is 10.8. The number of piperidine rings is 1. The fraction of sp³-hybridized carbons (Fsp3) is 0.882. The maximum Gasteiger partial charge on any atom is 0.240 e. The van der Waals surface area contributed by atoms with Crippen molar-refractivity contribution >= 4 is 24.2 Å². The zero-order valence-corrected chi connectivity index (χ0v) is 16.3. The van der Waals surface area contributed by atoms with Crippen molar-refractivity contribution in [3.63, 3.8) is 0 Å². The van der Waals surface area contributed by atoms with E-state index in [-0.39, 0.29) is 35.6 Å². The van der Waals surface area contributed by atoms with Crippen molar-refractivity contribution in [2.45, 2.75) is 53.0 Å². The smallest absolute Gasteiger partial charge is 0.240 e. The van der Waals surface area contributed by atoms with E-state index < -0.39 is 6.04 Å². The van der Waals surface area contributed by atoms with Crippen molar-refractivity contribution in [2.24, 2.45) is 17.1 Å². The van der Waals surface area contributed by atoms with Crippen LogP contribution in [0, 0.1) is 11.3 Å². The molecule has 24 heavy (non-hydrogen) atoms. The minimum absolute atomic E-state index is 0. The molecule has 0 aliphatic carbocycles. The molecule has 1 heterocycles. The third kappa shape index (κ3) is 7.36. The predicted octanol–water partition coefficient (Wildman–Crippen LogP) is 1.56. The summed E-state index contributed by atoms with van der Waals surface area (Å²) in [5.74, 6) is 0.0822. The van der Waals surface area contributed by atoms with Gasteiger partial charge in [-0.05, 0) is 31.6 Å². The van der Waals surface area contributed by atoms with E-state index in [4.69, 9.17) is 10.5 Å². The van der Waals surface area contributed by atoms with Crippen LogP contribution in [0.5, 0.6) is 0 Å². The van der Waals surface area contributed by atoms with E-state index >= 15 is 0 Å². The molecule has 0 radical (unpaired) electrons. The summed E-state index contributed by atoms with van der Waals surface area (Å²) >= 11 is 0. The van der Waals surface area contributed by atoms with Gasteiger partial charge in [0.05, 0.1) is 6.04 Å². The fourth-order valence-electron chi connectivity index (χ4n) is 2.60. The van der Waals surface area contributed by atoms with Gasteiger partial charge in [-0.3, -0.25) is 9.59 Å². The van der Waals surface area contributed by atoms with Gasteiger partial charge in [0.15, 0.2) is 0 Å². The minimum Gasteiger partial charge on any atom is -0.382 e. The molecule has 1 atom stereocenters. The second kappa shape index (κ2) is 10.9. The van der Waals surface area contributed by atoms with Crippen LogP contribution in [0.2, 0.25) is 0 Å². The lowest BCUT2D eigenvalue weighted by Gasteiger charge is -2.36. The quantitative estimate of drug-likeness (QED) is 0.672. The van der Waals surface area contributed by atoms with Crippen LogP contribution in [-0.4, -0.2) is 55.6 Å². The normalized spacial score (nSPS) is 17.1. The number of hydrogen-bond acceptors (Lipinski definition) is 4. The summed E-state index contributed by atoms with van der Waals surface area (Å²) < 4.78 is 5.24. The molecule has 142 valence electrons. The zero-order valence-electron chi connectivity index (χ0n) is 15.5. The van der Waals surface area contributed by atoms with Crippen LogP contribution in [0.3, 0.4) is 0 Å². The molecule has 1 aliphatic rings. The van der Waals surface area contributed by atoms with Crippen molar-refractivity contribution in [3.05, 3.63) is 0 Å². The summed E-state index contributed by atoms with van der Waals surface area (Å²) in [7, 11) is 0. The molecule has 0 bridgehead atoms. The lowest BCUT2D eigenvalue weighted by molar-refractivity contribution is -0.138. The van der Waals surface area contributed by atoms with Crippen molar-refractivity contribution < 1.29 is 14.3 Å². The Balaban J connectivity index is 0.00000529. The molecular weight excluding hydrogens is 330 g/mol. The molecule has 6 nitrogen and oxygen atoms in total. The van der Waals surface area contributed by atoms with Crippen molar-refractivity contribution in [3.8, 4) is 0 Å². The molecule has 3 N–H and O–H groups in total. The van der Waals surface area contributed by atoms with Gasteiger partial charge in [0.1, 0.15) is 0 Å². The third-order valence-electron chi connectivity index (χ3n) is 4.35. The van der Waals surface area contributed by atoms with E-state index in [2.05, 4.69) is 5.32 Å². The number of hydrogen-bond donors (Lipinski definition) is 2. The van der Waals surface area contributed by atoms with E-state index in [1.54, 1.807) is 4.90 Å². The van der Waals surface area contributed by atoms with Crippen LogP contribution in [0.1, 0.15) is 47.0 Å². The fourth-order valence-corrected chi connectivity index (χ4v) is 2.60. The Labute approximate surface area is 152 Å². The van der Waals surface area contributed by atoms with Gasteiger partial charge in [-0.1, -0.05) is 20.8 Å². The third-order valence-corrected chi connectivity index (χ3v) is 4.35. The van der Waals surface area contributed by atoms with E-state index in [9.17, 15) is 9.59 Å². The highest BCUT2D eigenvalue weighted by Crippen LogP contribution is 2.23. The zero-order chi connectivity index (χ0) is 17.5. The van der Waals surface area contributed by atoms with Gasteiger partial charge in [-0.15, -0.1) is 12.4 Å². The standard InChI is InChI=1S/C17H33N3O3.ClH/c1-5-23-12-6-9-19-15(21)13-7-10-20(11-8-13)16(22)14(18)17(2,3)4;/h13-14H,5-12,18H2,1-4H3,(H,19,21);1H/t14-;/m1./s1. The number of nitrogens with zero attached hydrogens (tertiary/aromatic N) is 1. The predicted molar refractivity (Wildman–Crippen MR) is 98.1 cm³/mol. The van der Waals surface area contributed by atoms with Gasteiger partial charge in [-0.25, -0.2) is 0 Å². The van der Waals surface area contributed by atoms with E-state index in [0.29, 0.717) is 45.7 Å². The van der Waals surface area contributed by atoms with Crippen LogP contribution in [-0.2, 0) is 14.3 Å². The summed E-state index contributed by atoms with van der Waals surface area (Å²) in [6, 6.07) is -0.494. The van der Waals surface area contributed by atoms with Crippen LogP contribution in [0.25, 0.3) is 0 Å². The van der Waals surface area contributed by atoms with Gasteiger partial charge in [0.2, 0.25) is 11.8 Å². The Morgan fingerprint density at radius 1 is 1.29 bits per heavy atom. The average molecular weight is 364 g/mol. The molecule has 1 fully saturated rings. The van der Waals surface area contributed by atoms with Crippen molar-refractivity contribution in [1.29, 1.82) is 0 Å². The van der Waals surface area contributed by atoms with E-state index in [1.807, 2.05) is 27.7 Å². The number of nitrogens with one attached hydrogen (secondary N) is 1. The summed E-state index contributed by atoms with van der Waals surface area (Å²) in [6.07, 6.45) is 2.25. The first-order valence-electron chi connectivity index (χ1n) is 8.67. The molecule has 1 rings (SSSR count). The summed E-state index contributed by atoms with van der Waals surface area (Å²) in [5.41, 5.74) is 5.80. The number of carbonyl (C=O) groups excluding carboxylic acids is 2. The van der Waals surface area contributed by atoms with Crippen LogP contribution < -0.4 is 11.1 Å². The second-order valence-corrected chi connectivity index (χ2v) is 7.28. The second-order valence-electron chi connectivity index (χ2n) is 7.28. The molecule has 1 saturated heterocycles. The summed E-state index contributed by atoms with van der Waals surface area (Å²) in [6.45, 7) is 11.1. The molecular formula is C17H34ClN3O3. The van der Waals surface area contributed by atoms with Crippen LogP contribution in [0.15, 0.2) is 0 Å². The minimum atomic E-state index is -0.494. The lowest BCUT2D eigenvalue weighted by atomic mass is 9.86. The first-order valence-corrected chi connectivity index (χ1v) is 8.67. The lowest BCUT2D eigenvalue weighted by Crippen LogP contribution is -2.53. The van der Waals surface area contributed by atoms with E-state index in [0.717, 1.165) is 6.42 Å². The molecule has 0 unspecified atom stereocenters. The largest absolute Gasteiger partial charge is 0.382 e. The number of amides is 2. The van der Waals surface area contributed by atoms with Gasteiger partial charge in [-0.2, -0.15) is 0 Å². The SMILES string of the molecule is CCOCCCNC(=O)C1CCN(C(=O)[C@@H](N)C(C)(C)C)CC1.Cl. The molecule has 0 spiro atoms. The summed E-state index contributed by atoms with van der Waals surface area (Å²) in [5, 5.41) is 2.96. The Bertz CT molecular complexity index is 391. The van der Waals surface area contributed by atoms with Crippen LogP contribution >= 0.6 is 12.4 Å². The Morgan fingerprint density at radius 2 is 1.88 bits per heavy atom. The molecule has 0 aromatic carbocycles. The number of carbonyl (C=O) groups is 2. The monoisotopic (exact) mass is 363 g/mol.